The number of ether oxygens (including phenoxy) is 2. The Hall–Kier alpha value is -2.94. The van der Waals surface area contributed by atoms with E-state index < -0.39 is 10.9 Å². The minimum atomic E-state index is -0.562. The summed E-state index contributed by atoms with van der Waals surface area (Å²) in [5, 5.41) is 22.1. The van der Waals surface area contributed by atoms with Gasteiger partial charge in [-0.05, 0) is 45.1 Å². The van der Waals surface area contributed by atoms with Crippen molar-refractivity contribution in [2.75, 3.05) is 13.2 Å². The molecule has 3 rings (SSSR count). The van der Waals surface area contributed by atoms with E-state index >= 15 is 0 Å². The molecule has 0 unspecified atom stereocenters. The molecule has 0 atom stereocenters. The van der Waals surface area contributed by atoms with E-state index in [1.54, 1.807) is 13.8 Å². The minimum absolute atomic E-state index is 0.0132. The standard InChI is InChI=1S/C20H22N2O6S/c1-3-27-15-10-13(22(25)26)9-12(18(15)23)11-21-19-17(20(24)28-4-2)14-7-5-6-8-16(14)29-19/h9-11,23H,3-8H2,1-2H3. The van der Waals surface area contributed by atoms with Gasteiger partial charge in [-0.25, -0.2) is 9.79 Å². The lowest BCUT2D eigenvalue weighted by molar-refractivity contribution is -0.385. The van der Waals surface area contributed by atoms with E-state index in [1.807, 2.05) is 0 Å². The van der Waals surface area contributed by atoms with E-state index in [2.05, 4.69) is 4.99 Å². The van der Waals surface area contributed by atoms with Crippen molar-refractivity contribution in [3.8, 4) is 11.5 Å². The number of carbonyl (C=O) groups excluding carboxylic acids is 1. The average molecular weight is 418 g/mol. The Morgan fingerprint density at radius 1 is 1.31 bits per heavy atom. The van der Waals surface area contributed by atoms with Crippen molar-refractivity contribution in [2.24, 2.45) is 4.99 Å². The Morgan fingerprint density at radius 2 is 2.07 bits per heavy atom. The maximum Gasteiger partial charge on any atom is 0.341 e. The van der Waals surface area contributed by atoms with Gasteiger partial charge in [-0.1, -0.05) is 0 Å². The number of carbonyl (C=O) groups is 1. The summed E-state index contributed by atoms with van der Waals surface area (Å²) < 4.78 is 10.5. The summed E-state index contributed by atoms with van der Waals surface area (Å²) in [5.41, 5.74) is 1.36. The number of fused-ring (bicyclic) bond motifs is 1. The van der Waals surface area contributed by atoms with Crippen LogP contribution in [0.4, 0.5) is 10.7 Å². The molecule has 1 aliphatic rings. The van der Waals surface area contributed by atoms with Crippen LogP contribution >= 0.6 is 11.3 Å². The molecule has 8 nitrogen and oxygen atoms in total. The van der Waals surface area contributed by atoms with E-state index in [0.29, 0.717) is 10.6 Å². The lowest BCUT2D eigenvalue weighted by atomic mass is 9.95. The normalized spacial score (nSPS) is 13.3. The third-order valence-electron chi connectivity index (χ3n) is 4.55. The first-order chi connectivity index (χ1) is 14.0. The number of aliphatic imine (C=N–C) groups is 1. The van der Waals surface area contributed by atoms with Gasteiger partial charge in [-0.15, -0.1) is 11.3 Å². The number of aryl methyl sites for hydroxylation is 1. The number of nitrogens with zero attached hydrogens (tertiary/aromatic N) is 2. The van der Waals surface area contributed by atoms with Crippen molar-refractivity contribution < 1.29 is 24.3 Å². The zero-order chi connectivity index (χ0) is 21.0. The number of hydrogen-bond donors (Lipinski definition) is 1. The van der Waals surface area contributed by atoms with Crippen LogP contribution in [-0.4, -0.2) is 35.4 Å². The second kappa shape index (κ2) is 9.04. The predicted molar refractivity (Wildman–Crippen MR) is 110 cm³/mol. The zero-order valence-electron chi connectivity index (χ0n) is 16.3. The molecule has 0 saturated heterocycles. The zero-order valence-corrected chi connectivity index (χ0v) is 17.1. The van der Waals surface area contributed by atoms with Gasteiger partial charge in [-0.3, -0.25) is 10.1 Å². The first-order valence-electron chi connectivity index (χ1n) is 9.46. The van der Waals surface area contributed by atoms with Crippen molar-refractivity contribution in [3.05, 3.63) is 43.8 Å². The van der Waals surface area contributed by atoms with E-state index in [-0.39, 0.29) is 36.0 Å². The highest BCUT2D eigenvalue weighted by Crippen LogP contribution is 2.41. The van der Waals surface area contributed by atoms with Gasteiger partial charge in [0.1, 0.15) is 5.00 Å². The van der Waals surface area contributed by atoms with Crippen LogP contribution in [0.1, 0.15) is 53.1 Å². The maximum absolute atomic E-state index is 12.5. The van der Waals surface area contributed by atoms with Gasteiger partial charge in [0.05, 0.1) is 29.8 Å². The monoisotopic (exact) mass is 418 g/mol. The molecule has 0 spiro atoms. The molecule has 0 radical (unpaired) electrons. The van der Waals surface area contributed by atoms with Crippen LogP contribution in [0.5, 0.6) is 11.5 Å². The third kappa shape index (κ3) is 4.40. The summed E-state index contributed by atoms with van der Waals surface area (Å²) >= 11 is 1.42. The number of nitro groups is 1. The fourth-order valence-electron chi connectivity index (χ4n) is 3.27. The van der Waals surface area contributed by atoms with Gasteiger partial charge >= 0.3 is 5.97 Å². The largest absolute Gasteiger partial charge is 0.504 e. The van der Waals surface area contributed by atoms with Gasteiger partial charge in [0.15, 0.2) is 11.5 Å². The van der Waals surface area contributed by atoms with Crippen molar-refractivity contribution in [2.45, 2.75) is 39.5 Å². The SMILES string of the molecule is CCOC(=O)c1c(N=Cc2cc([N+](=O)[O-])cc(OCC)c2O)sc2c1CCCC2. The molecule has 0 aliphatic heterocycles. The fraction of sp³-hybridized carbons (Fsp3) is 0.400. The molecular formula is C20H22N2O6S. The van der Waals surface area contributed by atoms with Crippen molar-refractivity contribution in [1.82, 2.24) is 0 Å². The number of esters is 1. The first-order valence-corrected chi connectivity index (χ1v) is 10.3. The lowest BCUT2D eigenvalue weighted by Gasteiger charge is -2.11. The van der Waals surface area contributed by atoms with E-state index in [9.17, 15) is 20.0 Å². The molecule has 0 bridgehead atoms. The smallest absolute Gasteiger partial charge is 0.341 e. The van der Waals surface area contributed by atoms with Crippen LogP contribution in [0.3, 0.4) is 0 Å². The van der Waals surface area contributed by atoms with E-state index in [0.717, 1.165) is 36.1 Å². The van der Waals surface area contributed by atoms with Crippen LogP contribution in [-0.2, 0) is 17.6 Å². The van der Waals surface area contributed by atoms with Crippen molar-refractivity contribution in [3.63, 3.8) is 0 Å². The molecule has 1 aromatic carbocycles. The van der Waals surface area contributed by atoms with Crippen molar-refractivity contribution in [1.29, 1.82) is 0 Å². The second-order valence-corrected chi connectivity index (χ2v) is 7.53. The van der Waals surface area contributed by atoms with E-state index in [4.69, 9.17) is 9.47 Å². The Balaban J connectivity index is 2.05. The van der Waals surface area contributed by atoms with Gasteiger partial charge in [0.2, 0.25) is 0 Å². The number of non-ortho nitro benzene ring substituents is 1. The Morgan fingerprint density at radius 3 is 2.76 bits per heavy atom. The van der Waals surface area contributed by atoms with Gasteiger partial charge in [0.25, 0.3) is 5.69 Å². The molecular weight excluding hydrogens is 396 g/mol. The third-order valence-corrected chi connectivity index (χ3v) is 5.75. The molecule has 154 valence electrons. The highest BCUT2D eigenvalue weighted by Gasteiger charge is 2.26. The van der Waals surface area contributed by atoms with Crippen molar-refractivity contribution >= 4 is 34.2 Å². The number of hydrogen-bond acceptors (Lipinski definition) is 8. The predicted octanol–water partition coefficient (Wildman–Crippen LogP) is 4.57. The number of aromatic hydroxyl groups is 1. The molecule has 0 fully saturated rings. The highest BCUT2D eigenvalue weighted by molar-refractivity contribution is 7.16. The molecule has 1 heterocycles. The number of phenolic OH excluding ortho intramolecular Hbond substituents is 1. The summed E-state index contributed by atoms with van der Waals surface area (Å²) in [4.78, 5) is 28.7. The Labute approximate surface area is 172 Å². The Bertz CT molecular complexity index is 966. The van der Waals surface area contributed by atoms with Crippen LogP contribution in [0.25, 0.3) is 0 Å². The number of phenols is 1. The average Bonchev–Trinajstić information content (AvgIpc) is 3.07. The number of benzene rings is 1. The molecule has 0 amide bonds. The van der Waals surface area contributed by atoms with Crippen LogP contribution in [0, 0.1) is 10.1 Å². The molecule has 0 saturated carbocycles. The molecule has 1 N–H and O–H groups in total. The van der Waals surface area contributed by atoms with Crippen LogP contribution in [0.15, 0.2) is 17.1 Å². The second-order valence-electron chi connectivity index (χ2n) is 6.44. The first kappa shape index (κ1) is 20.8. The summed E-state index contributed by atoms with van der Waals surface area (Å²) in [6.07, 6.45) is 5.07. The number of rotatable bonds is 7. The fourth-order valence-corrected chi connectivity index (χ4v) is 4.49. The minimum Gasteiger partial charge on any atom is -0.504 e. The summed E-state index contributed by atoms with van der Waals surface area (Å²) in [6, 6.07) is 2.39. The summed E-state index contributed by atoms with van der Waals surface area (Å²) in [5.74, 6) is -0.642. The van der Waals surface area contributed by atoms with Gasteiger partial charge in [-0.2, -0.15) is 0 Å². The number of nitro benzene ring substituents is 1. The van der Waals surface area contributed by atoms with E-state index in [1.165, 1.54) is 29.7 Å². The highest BCUT2D eigenvalue weighted by atomic mass is 32.1. The summed E-state index contributed by atoms with van der Waals surface area (Å²) in [6.45, 7) is 3.97. The van der Waals surface area contributed by atoms with Crippen LogP contribution < -0.4 is 4.74 Å². The molecule has 29 heavy (non-hydrogen) atoms. The summed E-state index contributed by atoms with van der Waals surface area (Å²) in [7, 11) is 0. The molecule has 2 aromatic rings. The molecule has 1 aliphatic carbocycles. The molecule has 1 aromatic heterocycles. The number of thiophene rings is 1. The van der Waals surface area contributed by atoms with Gasteiger partial charge < -0.3 is 14.6 Å². The molecule has 9 heteroatoms. The Kier molecular flexibility index (Phi) is 6.48. The topological polar surface area (TPSA) is 111 Å². The van der Waals surface area contributed by atoms with Crippen LogP contribution in [0.2, 0.25) is 0 Å². The lowest BCUT2D eigenvalue weighted by Crippen LogP contribution is -2.09. The quantitative estimate of drug-likeness (QED) is 0.305. The maximum atomic E-state index is 12.5. The van der Waals surface area contributed by atoms with Gasteiger partial charge in [0, 0.05) is 22.7 Å².